The number of fused-ring (bicyclic) bond motifs is 3. The predicted molar refractivity (Wildman–Crippen MR) is 138 cm³/mol. The van der Waals surface area contributed by atoms with Crippen LogP contribution in [0, 0.1) is 0 Å². The zero-order valence-corrected chi connectivity index (χ0v) is 20.3. The van der Waals surface area contributed by atoms with Gasteiger partial charge < -0.3 is 9.47 Å². The maximum atomic E-state index is 12.5. The normalized spacial score (nSPS) is 18.2. The topological polar surface area (TPSA) is 51.1 Å². The molecule has 2 aliphatic rings. The van der Waals surface area contributed by atoms with Gasteiger partial charge in [-0.1, -0.05) is 64.5 Å². The van der Waals surface area contributed by atoms with Crippen molar-refractivity contribution in [1.82, 2.24) is 5.01 Å². The van der Waals surface area contributed by atoms with E-state index in [4.69, 9.17) is 14.6 Å². The zero-order valence-electron chi connectivity index (χ0n) is 18.7. The highest BCUT2D eigenvalue weighted by molar-refractivity contribution is 9.10. The molecular weight excluding hydrogens is 504 g/mol. The number of rotatable bonds is 4. The number of hydrogen-bond donors (Lipinski definition) is 0. The van der Waals surface area contributed by atoms with E-state index in [0.717, 1.165) is 39.0 Å². The Labute approximate surface area is 211 Å². The molecule has 0 saturated carbocycles. The lowest BCUT2D eigenvalue weighted by Gasteiger charge is -2.38. The van der Waals surface area contributed by atoms with Gasteiger partial charge in [0.1, 0.15) is 11.5 Å². The molecule has 0 aliphatic carbocycles. The van der Waals surface area contributed by atoms with E-state index in [-0.39, 0.29) is 12.3 Å². The standard InChI is InChI=1S/C29H21BrN2O3/c30-22-14-10-21(11-15-22)29(33)34-23-16-12-20(13-17-23)28-32-26(24-8-4-5-9-27(24)35-28)18-25(31-32)19-6-2-1-3-7-19/h1-17,26,28H,18H2. The summed E-state index contributed by atoms with van der Waals surface area (Å²) in [6.45, 7) is 0. The molecule has 0 N–H and O–H groups in total. The third-order valence-electron chi connectivity index (χ3n) is 6.26. The minimum absolute atomic E-state index is 0.0927. The van der Waals surface area contributed by atoms with Gasteiger partial charge in [-0.2, -0.15) is 5.10 Å². The largest absolute Gasteiger partial charge is 0.464 e. The first-order chi connectivity index (χ1) is 17.2. The number of ether oxygens (including phenoxy) is 2. The lowest BCUT2D eigenvalue weighted by Crippen LogP contribution is -2.33. The highest BCUT2D eigenvalue weighted by atomic mass is 79.9. The van der Waals surface area contributed by atoms with Crippen LogP contribution in [-0.4, -0.2) is 16.7 Å². The van der Waals surface area contributed by atoms with Crippen LogP contribution in [0.15, 0.2) is 113 Å². The zero-order chi connectivity index (χ0) is 23.8. The number of halogens is 1. The van der Waals surface area contributed by atoms with Crippen LogP contribution < -0.4 is 9.47 Å². The van der Waals surface area contributed by atoms with Gasteiger partial charge in [-0.05, 0) is 60.2 Å². The highest BCUT2D eigenvalue weighted by Crippen LogP contribution is 2.47. The van der Waals surface area contributed by atoms with Crippen molar-refractivity contribution in [3.8, 4) is 11.5 Å². The summed E-state index contributed by atoms with van der Waals surface area (Å²) < 4.78 is 12.9. The monoisotopic (exact) mass is 524 g/mol. The SMILES string of the molecule is O=C(Oc1ccc(C2Oc3ccccc3C3CC(c4ccccc4)=NN32)cc1)c1ccc(Br)cc1. The molecule has 6 heteroatoms. The second-order valence-electron chi connectivity index (χ2n) is 8.49. The molecule has 5 nitrogen and oxygen atoms in total. The van der Waals surface area contributed by atoms with Gasteiger partial charge in [0, 0.05) is 22.0 Å². The van der Waals surface area contributed by atoms with E-state index >= 15 is 0 Å². The Balaban J connectivity index is 1.28. The van der Waals surface area contributed by atoms with Crippen LogP contribution in [0.2, 0.25) is 0 Å². The summed E-state index contributed by atoms with van der Waals surface area (Å²) in [5, 5.41) is 7.04. The van der Waals surface area contributed by atoms with Crippen LogP contribution in [0.3, 0.4) is 0 Å². The van der Waals surface area contributed by atoms with Crippen molar-refractivity contribution in [3.63, 3.8) is 0 Å². The number of para-hydroxylation sites is 1. The summed E-state index contributed by atoms with van der Waals surface area (Å²) in [6.07, 6.45) is 0.427. The van der Waals surface area contributed by atoms with E-state index in [1.165, 1.54) is 0 Å². The molecular formula is C29H21BrN2O3. The molecule has 4 aromatic carbocycles. The van der Waals surface area contributed by atoms with Crippen LogP contribution >= 0.6 is 15.9 Å². The Bertz CT molecular complexity index is 1400. The first kappa shape index (κ1) is 21.6. The maximum Gasteiger partial charge on any atom is 0.343 e. The molecule has 0 aromatic heterocycles. The fourth-order valence-electron chi connectivity index (χ4n) is 4.51. The molecule has 2 heterocycles. The van der Waals surface area contributed by atoms with Gasteiger partial charge in [0.25, 0.3) is 0 Å². The van der Waals surface area contributed by atoms with Crippen molar-refractivity contribution in [3.05, 3.63) is 130 Å². The molecule has 0 amide bonds. The summed E-state index contributed by atoms with van der Waals surface area (Å²) in [4.78, 5) is 12.5. The highest BCUT2D eigenvalue weighted by Gasteiger charge is 2.40. The van der Waals surface area contributed by atoms with E-state index in [0.29, 0.717) is 11.3 Å². The Morgan fingerprint density at radius 1 is 0.886 bits per heavy atom. The summed E-state index contributed by atoms with van der Waals surface area (Å²) >= 11 is 3.38. The summed E-state index contributed by atoms with van der Waals surface area (Å²) in [6, 6.07) is 33.0. The average Bonchev–Trinajstić information content (AvgIpc) is 3.36. The van der Waals surface area contributed by atoms with Gasteiger partial charge in [-0.3, -0.25) is 0 Å². The first-order valence-electron chi connectivity index (χ1n) is 11.4. The molecule has 2 unspecified atom stereocenters. The maximum absolute atomic E-state index is 12.5. The lowest BCUT2D eigenvalue weighted by molar-refractivity contribution is -0.0190. The number of benzene rings is 4. The Morgan fingerprint density at radius 3 is 2.37 bits per heavy atom. The third-order valence-corrected chi connectivity index (χ3v) is 6.79. The number of hydrogen-bond acceptors (Lipinski definition) is 5. The van der Waals surface area contributed by atoms with Gasteiger partial charge in [0.05, 0.1) is 17.3 Å². The second kappa shape index (κ2) is 9.04. The summed E-state index contributed by atoms with van der Waals surface area (Å²) in [5.74, 6) is 0.947. The molecule has 0 fully saturated rings. The van der Waals surface area contributed by atoms with E-state index in [1.807, 2.05) is 65.7 Å². The second-order valence-corrected chi connectivity index (χ2v) is 9.40. The molecule has 4 aromatic rings. The van der Waals surface area contributed by atoms with E-state index in [1.54, 1.807) is 24.3 Å². The van der Waals surface area contributed by atoms with E-state index in [9.17, 15) is 4.79 Å². The van der Waals surface area contributed by atoms with Crippen molar-refractivity contribution in [2.75, 3.05) is 0 Å². The molecule has 35 heavy (non-hydrogen) atoms. The van der Waals surface area contributed by atoms with Crippen LogP contribution in [0.25, 0.3) is 0 Å². The number of hydrazone groups is 1. The number of nitrogens with zero attached hydrogens (tertiary/aromatic N) is 2. The minimum atomic E-state index is -0.398. The van der Waals surface area contributed by atoms with Crippen LogP contribution in [0.1, 0.15) is 45.7 Å². The molecule has 0 spiro atoms. The molecule has 172 valence electrons. The quantitative estimate of drug-likeness (QED) is 0.215. The summed E-state index contributed by atoms with van der Waals surface area (Å²) in [7, 11) is 0. The predicted octanol–water partition coefficient (Wildman–Crippen LogP) is 6.91. The van der Waals surface area contributed by atoms with Crippen molar-refractivity contribution in [2.45, 2.75) is 18.7 Å². The average molecular weight is 525 g/mol. The smallest absolute Gasteiger partial charge is 0.343 e. The van der Waals surface area contributed by atoms with Crippen molar-refractivity contribution in [1.29, 1.82) is 0 Å². The van der Waals surface area contributed by atoms with Crippen molar-refractivity contribution < 1.29 is 14.3 Å². The molecule has 0 radical (unpaired) electrons. The summed E-state index contributed by atoms with van der Waals surface area (Å²) in [5.41, 5.74) is 4.73. The fraction of sp³-hybridized carbons (Fsp3) is 0.103. The Hall–Kier alpha value is -3.90. The number of esters is 1. The van der Waals surface area contributed by atoms with Gasteiger partial charge in [0.2, 0.25) is 6.23 Å². The minimum Gasteiger partial charge on any atom is -0.464 e. The Kier molecular flexibility index (Phi) is 5.58. The van der Waals surface area contributed by atoms with Gasteiger partial charge >= 0.3 is 5.97 Å². The van der Waals surface area contributed by atoms with Crippen molar-refractivity contribution >= 4 is 27.6 Å². The molecule has 2 atom stereocenters. The molecule has 0 saturated heterocycles. The van der Waals surface area contributed by atoms with Crippen LogP contribution in [-0.2, 0) is 0 Å². The van der Waals surface area contributed by atoms with E-state index < -0.39 is 5.97 Å². The van der Waals surface area contributed by atoms with Crippen LogP contribution in [0.5, 0.6) is 11.5 Å². The fourth-order valence-corrected chi connectivity index (χ4v) is 4.78. The van der Waals surface area contributed by atoms with Gasteiger partial charge in [-0.25, -0.2) is 9.80 Å². The molecule has 0 bridgehead atoms. The van der Waals surface area contributed by atoms with Crippen molar-refractivity contribution in [2.24, 2.45) is 5.10 Å². The van der Waals surface area contributed by atoms with Gasteiger partial charge in [-0.15, -0.1) is 0 Å². The third kappa shape index (κ3) is 4.21. The lowest BCUT2D eigenvalue weighted by atomic mass is 9.96. The first-order valence-corrected chi connectivity index (χ1v) is 12.2. The van der Waals surface area contributed by atoms with E-state index in [2.05, 4.69) is 34.1 Å². The number of carbonyl (C=O) groups excluding carboxylic acids is 1. The molecule has 2 aliphatic heterocycles. The van der Waals surface area contributed by atoms with Crippen LogP contribution in [0.4, 0.5) is 0 Å². The molecule has 6 rings (SSSR count). The Morgan fingerprint density at radius 2 is 1.60 bits per heavy atom. The number of carbonyl (C=O) groups is 1. The van der Waals surface area contributed by atoms with Gasteiger partial charge in [0.15, 0.2) is 0 Å².